The number of anilines is 1. The van der Waals surface area contributed by atoms with Crippen molar-refractivity contribution in [2.75, 3.05) is 11.9 Å². The fourth-order valence-corrected chi connectivity index (χ4v) is 4.57. The number of carbonyl (C=O) groups is 3. The van der Waals surface area contributed by atoms with Gasteiger partial charge in [0.1, 0.15) is 5.75 Å². The number of halogens is 1. The molecule has 0 radical (unpaired) electrons. The zero-order valence-corrected chi connectivity index (χ0v) is 20.8. The van der Waals surface area contributed by atoms with Crippen LogP contribution in [0.25, 0.3) is 6.08 Å². The fourth-order valence-electron chi connectivity index (χ4n) is 3.52. The average Bonchev–Trinajstić information content (AvgIpc) is 3.08. The third-order valence-corrected chi connectivity index (χ3v) is 6.65. The quantitative estimate of drug-likeness (QED) is 0.385. The van der Waals surface area contributed by atoms with Gasteiger partial charge in [0, 0.05) is 10.7 Å². The molecule has 3 aromatic carbocycles. The predicted octanol–water partition coefficient (Wildman–Crippen LogP) is 6.21. The van der Waals surface area contributed by atoms with Crippen LogP contribution < -0.4 is 10.1 Å². The summed E-state index contributed by atoms with van der Waals surface area (Å²) in [5.41, 5.74) is 4.31. The summed E-state index contributed by atoms with van der Waals surface area (Å²) in [6, 6.07) is 19.8. The van der Waals surface area contributed by atoms with Gasteiger partial charge in [0.05, 0.1) is 11.4 Å². The lowest BCUT2D eigenvalue weighted by Gasteiger charge is -2.12. The van der Waals surface area contributed by atoms with Gasteiger partial charge in [-0.3, -0.25) is 19.3 Å². The summed E-state index contributed by atoms with van der Waals surface area (Å²) < 4.78 is 5.65. The third-order valence-electron chi connectivity index (χ3n) is 5.51. The van der Waals surface area contributed by atoms with E-state index in [1.54, 1.807) is 48.5 Å². The summed E-state index contributed by atoms with van der Waals surface area (Å²) in [4.78, 5) is 39.1. The molecule has 1 aliphatic rings. The Morgan fingerprint density at radius 1 is 1.06 bits per heavy atom. The maximum absolute atomic E-state index is 12.8. The first-order valence-corrected chi connectivity index (χ1v) is 12.1. The molecule has 0 unspecified atom stereocenters. The summed E-state index contributed by atoms with van der Waals surface area (Å²) in [6.07, 6.45) is 1.64. The SMILES string of the molecule is Cc1cccc(NC(=O)COc2cccc(/C=C3\SC(=O)N(Cc4cccc(Cl)c4)C3=O)c2)c1C. The molecule has 1 heterocycles. The maximum atomic E-state index is 12.8. The molecule has 0 atom stereocenters. The van der Waals surface area contributed by atoms with E-state index in [1.807, 2.05) is 38.1 Å². The van der Waals surface area contributed by atoms with Crippen LogP contribution in [0, 0.1) is 13.8 Å². The number of aryl methyl sites for hydroxylation is 1. The van der Waals surface area contributed by atoms with Gasteiger partial charge in [-0.25, -0.2) is 0 Å². The van der Waals surface area contributed by atoms with Gasteiger partial charge in [-0.05, 0) is 84.3 Å². The summed E-state index contributed by atoms with van der Waals surface area (Å²) in [7, 11) is 0. The average molecular weight is 507 g/mol. The number of nitrogens with zero attached hydrogens (tertiary/aromatic N) is 1. The highest BCUT2D eigenvalue weighted by atomic mass is 35.5. The van der Waals surface area contributed by atoms with Crippen molar-refractivity contribution in [2.24, 2.45) is 0 Å². The second kappa shape index (κ2) is 10.8. The van der Waals surface area contributed by atoms with Gasteiger partial charge >= 0.3 is 0 Å². The fraction of sp³-hybridized carbons (Fsp3) is 0.148. The molecular formula is C27H23ClN2O4S. The summed E-state index contributed by atoms with van der Waals surface area (Å²) in [6.45, 7) is 3.93. The van der Waals surface area contributed by atoms with Crippen molar-refractivity contribution >= 4 is 52.2 Å². The van der Waals surface area contributed by atoms with E-state index >= 15 is 0 Å². The number of hydrogen-bond donors (Lipinski definition) is 1. The van der Waals surface area contributed by atoms with E-state index in [-0.39, 0.29) is 30.2 Å². The van der Waals surface area contributed by atoms with Crippen LogP contribution in [0.5, 0.6) is 5.75 Å². The smallest absolute Gasteiger partial charge is 0.293 e. The molecule has 1 aliphatic heterocycles. The number of imide groups is 1. The van der Waals surface area contributed by atoms with E-state index < -0.39 is 0 Å². The van der Waals surface area contributed by atoms with Crippen LogP contribution in [0.1, 0.15) is 22.3 Å². The molecule has 0 bridgehead atoms. The first kappa shape index (κ1) is 24.6. The topological polar surface area (TPSA) is 75.7 Å². The minimum absolute atomic E-state index is 0.154. The van der Waals surface area contributed by atoms with Crippen molar-refractivity contribution < 1.29 is 19.1 Å². The molecule has 8 heteroatoms. The molecule has 0 spiro atoms. The summed E-state index contributed by atoms with van der Waals surface area (Å²) >= 11 is 6.90. The van der Waals surface area contributed by atoms with E-state index in [0.717, 1.165) is 34.1 Å². The minimum Gasteiger partial charge on any atom is -0.484 e. The molecule has 1 fully saturated rings. The van der Waals surface area contributed by atoms with E-state index in [2.05, 4.69) is 5.32 Å². The van der Waals surface area contributed by atoms with Crippen LogP contribution in [0.3, 0.4) is 0 Å². The minimum atomic E-state index is -0.362. The first-order valence-electron chi connectivity index (χ1n) is 10.9. The molecule has 0 saturated carbocycles. The van der Waals surface area contributed by atoms with Crippen molar-refractivity contribution in [3.63, 3.8) is 0 Å². The Morgan fingerprint density at radius 2 is 1.83 bits per heavy atom. The zero-order valence-electron chi connectivity index (χ0n) is 19.2. The Labute approximate surface area is 212 Å². The number of hydrogen-bond acceptors (Lipinski definition) is 5. The number of thioether (sulfide) groups is 1. The Morgan fingerprint density at radius 3 is 2.63 bits per heavy atom. The monoisotopic (exact) mass is 506 g/mol. The second-order valence-corrected chi connectivity index (χ2v) is 9.48. The molecular weight excluding hydrogens is 484 g/mol. The van der Waals surface area contributed by atoms with Crippen LogP contribution in [0.4, 0.5) is 10.5 Å². The Balaban J connectivity index is 1.40. The summed E-state index contributed by atoms with van der Waals surface area (Å²) in [5.74, 6) is -0.154. The molecule has 35 heavy (non-hydrogen) atoms. The third kappa shape index (κ3) is 6.12. The van der Waals surface area contributed by atoms with Gasteiger partial charge in [-0.2, -0.15) is 0 Å². The van der Waals surface area contributed by atoms with Crippen molar-refractivity contribution in [2.45, 2.75) is 20.4 Å². The maximum Gasteiger partial charge on any atom is 0.293 e. The van der Waals surface area contributed by atoms with Gasteiger partial charge in [-0.1, -0.05) is 48.0 Å². The van der Waals surface area contributed by atoms with Crippen LogP contribution in [0.2, 0.25) is 5.02 Å². The van der Waals surface area contributed by atoms with Gasteiger partial charge in [0.25, 0.3) is 17.1 Å². The number of carbonyl (C=O) groups excluding carboxylic acids is 3. The molecule has 3 aromatic rings. The normalized spacial score (nSPS) is 14.5. The standard InChI is InChI=1S/C27H23ClN2O4S/c1-17-6-3-11-23(18(17)2)29-25(31)16-34-22-10-5-7-19(13-22)14-24-26(32)30(27(33)35-24)15-20-8-4-9-21(28)12-20/h3-14H,15-16H2,1-2H3,(H,29,31)/b24-14-. The van der Waals surface area contributed by atoms with Crippen molar-refractivity contribution in [1.82, 2.24) is 4.90 Å². The number of amides is 3. The number of nitrogens with one attached hydrogen (secondary N) is 1. The Kier molecular flexibility index (Phi) is 7.58. The van der Waals surface area contributed by atoms with Crippen LogP contribution >= 0.6 is 23.4 Å². The second-order valence-electron chi connectivity index (χ2n) is 8.05. The highest BCUT2D eigenvalue weighted by Crippen LogP contribution is 2.34. The Bertz CT molecular complexity index is 1340. The highest BCUT2D eigenvalue weighted by Gasteiger charge is 2.35. The van der Waals surface area contributed by atoms with Crippen LogP contribution in [-0.2, 0) is 16.1 Å². The molecule has 4 rings (SSSR count). The molecule has 178 valence electrons. The molecule has 1 saturated heterocycles. The van der Waals surface area contributed by atoms with Crippen molar-refractivity contribution in [3.05, 3.63) is 98.9 Å². The van der Waals surface area contributed by atoms with Gasteiger partial charge in [-0.15, -0.1) is 0 Å². The van der Waals surface area contributed by atoms with Crippen LogP contribution in [0.15, 0.2) is 71.6 Å². The Hall–Kier alpha value is -3.55. The lowest BCUT2D eigenvalue weighted by Crippen LogP contribution is -2.27. The molecule has 0 aliphatic carbocycles. The predicted molar refractivity (Wildman–Crippen MR) is 139 cm³/mol. The number of benzene rings is 3. The van der Waals surface area contributed by atoms with E-state index in [1.165, 1.54) is 4.90 Å². The largest absolute Gasteiger partial charge is 0.484 e. The molecule has 3 amide bonds. The van der Waals surface area contributed by atoms with Gasteiger partial charge < -0.3 is 10.1 Å². The molecule has 0 aromatic heterocycles. The van der Waals surface area contributed by atoms with Crippen molar-refractivity contribution in [1.29, 1.82) is 0 Å². The van der Waals surface area contributed by atoms with Crippen LogP contribution in [-0.4, -0.2) is 28.6 Å². The zero-order chi connectivity index (χ0) is 24.9. The first-order chi connectivity index (χ1) is 16.8. The molecule has 6 nitrogen and oxygen atoms in total. The van der Waals surface area contributed by atoms with E-state index in [0.29, 0.717) is 21.2 Å². The highest BCUT2D eigenvalue weighted by molar-refractivity contribution is 8.18. The van der Waals surface area contributed by atoms with Crippen molar-refractivity contribution in [3.8, 4) is 5.75 Å². The molecule has 1 N–H and O–H groups in total. The summed E-state index contributed by atoms with van der Waals surface area (Å²) in [5, 5.41) is 3.07. The lowest BCUT2D eigenvalue weighted by atomic mass is 10.1. The van der Waals surface area contributed by atoms with E-state index in [4.69, 9.17) is 16.3 Å². The van der Waals surface area contributed by atoms with Gasteiger partial charge in [0.2, 0.25) is 0 Å². The van der Waals surface area contributed by atoms with Gasteiger partial charge in [0.15, 0.2) is 6.61 Å². The lowest BCUT2D eigenvalue weighted by molar-refractivity contribution is -0.123. The van der Waals surface area contributed by atoms with E-state index in [9.17, 15) is 14.4 Å². The number of ether oxygens (including phenoxy) is 1. The number of rotatable bonds is 7.